The maximum Gasteiger partial charge on any atom is 0.338 e. The first-order valence-corrected chi connectivity index (χ1v) is 22.5. The molecule has 10 bridgehead atoms. The molecule has 0 amide bonds. The second kappa shape index (κ2) is 16.9. The first-order valence-electron chi connectivity index (χ1n) is 22.5. The molecule has 2 aromatic carbocycles. The molecule has 374 valence electrons. The molecular weight excluding hydrogens is 904 g/mol. The Balaban J connectivity index is 0.000000146. The standard InChI is InChI=1S/C23H28O11.C15H22O9.C8H8O2/c1-21-8-13(25)12-7-23(21,33-19-17(28)16(27)15(26)14(9-24)32-19)22(12,20(30)34-21)10-31-18(29)11-5-3-2-4-6-11;1-12-4-14(20)5-2-13(12,7(5)11(23-12)24-14)15(21)10(19)9(18)8(17)6(3-16)22-15;1-10-8(9)7-5-3-2-4-6-7/h2-6,12-17,19,24-28H,7-10H2,1H3;5-11,16-21H,2-4H2,1H3;2-6H,1H3/t12-,13+,14?,15?,16?,17?,19?,21-,22?,23+;5-,6?,7?,8?,9?,10?,11-,12-,13-,14+,15?;/m00./s1. The van der Waals surface area contributed by atoms with E-state index < -0.39 is 150 Å². The summed E-state index contributed by atoms with van der Waals surface area (Å²) in [4.78, 5) is 36.7. The zero-order valence-corrected chi connectivity index (χ0v) is 37.2. The Morgan fingerprint density at radius 3 is 1.90 bits per heavy atom. The molecule has 22 heteroatoms. The molecule has 14 rings (SSSR count). The molecule has 0 aromatic heterocycles. The van der Waals surface area contributed by atoms with Crippen LogP contribution in [-0.2, 0) is 42.7 Å². The van der Waals surface area contributed by atoms with Gasteiger partial charge in [0.05, 0.1) is 48.6 Å². The zero-order chi connectivity index (χ0) is 49.1. The Bertz CT molecular complexity index is 2240. The van der Waals surface area contributed by atoms with E-state index >= 15 is 0 Å². The van der Waals surface area contributed by atoms with E-state index in [1.54, 1.807) is 68.4 Å². The quantitative estimate of drug-likeness (QED) is 0.0879. The molecular formula is C46H58O22. The van der Waals surface area contributed by atoms with Gasteiger partial charge in [0.25, 0.3) is 0 Å². The molecule has 6 saturated heterocycles. The first-order chi connectivity index (χ1) is 32.1. The molecule has 12 aliphatic rings. The Kier molecular flexibility index (Phi) is 12.2. The molecule has 2 aromatic rings. The lowest BCUT2D eigenvalue weighted by Crippen LogP contribution is -2.82. The maximum absolute atomic E-state index is 13.2. The fraction of sp³-hybridized carbons (Fsp3) is 0.674. The maximum atomic E-state index is 13.2. The Hall–Kier alpha value is -3.79. The van der Waals surface area contributed by atoms with Gasteiger partial charge >= 0.3 is 17.9 Å². The summed E-state index contributed by atoms with van der Waals surface area (Å²) in [5.74, 6) is -6.50. The van der Waals surface area contributed by atoms with E-state index in [2.05, 4.69) is 4.74 Å². The summed E-state index contributed by atoms with van der Waals surface area (Å²) in [6, 6.07) is 17.1. The number of hydrogen-bond acceptors (Lipinski definition) is 22. The molecule has 21 atom stereocenters. The Morgan fingerprint density at radius 2 is 1.31 bits per heavy atom. The van der Waals surface area contributed by atoms with Crippen LogP contribution in [0, 0.1) is 28.6 Å². The van der Waals surface area contributed by atoms with Gasteiger partial charge in [-0.3, -0.25) is 4.79 Å². The Labute approximate surface area is 388 Å². The Morgan fingerprint density at radius 1 is 0.706 bits per heavy atom. The fourth-order valence-electron chi connectivity index (χ4n) is 13.1. The van der Waals surface area contributed by atoms with Crippen molar-refractivity contribution in [2.75, 3.05) is 26.9 Å². The molecule has 0 radical (unpaired) electrons. The summed E-state index contributed by atoms with van der Waals surface area (Å²) in [6.45, 7) is 1.61. The van der Waals surface area contributed by atoms with E-state index in [4.69, 9.17) is 33.2 Å². The van der Waals surface area contributed by atoms with Crippen molar-refractivity contribution in [1.82, 2.24) is 0 Å². The fourth-order valence-corrected chi connectivity index (χ4v) is 13.1. The highest BCUT2D eigenvalue weighted by Gasteiger charge is 2.92. The number of esters is 3. The van der Waals surface area contributed by atoms with E-state index in [1.807, 2.05) is 6.07 Å². The van der Waals surface area contributed by atoms with Crippen LogP contribution >= 0.6 is 0 Å². The van der Waals surface area contributed by atoms with Gasteiger partial charge in [0.2, 0.25) is 5.79 Å². The molecule has 6 saturated carbocycles. The minimum absolute atomic E-state index is 0.0508. The van der Waals surface area contributed by atoms with Crippen LogP contribution in [0.2, 0.25) is 0 Å². The molecule has 12 fully saturated rings. The monoisotopic (exact) mass is 962 g/mol. The highest BCUT2D eigenvalue weighted by molar-refractivity contribution is 5.91. The van der Waals surface area contributed by atoms with Gasteiger partial charge in [-0.1, -0.05) is 36.4 Å². The van der Waals surface area contributed by atoms with Gasteiger partial charge in [0.15, 0.2) is 18.4 Å². The number of methoxy groups -OCH3 is 1. The number of carbonyl (C=O) groups excluding carboxylic acids is 3. The van der Waals surface area contributed by atoms with Crippen LogP contribution in [0.25, 0.3) is 0 Å². The van der Waals surface area contributed by atoms with Gasteiger partial charge in [-0.25, -0.2) is 9.59 Å². The number of benzene rings is 2. The van der Waals surface area contributed by atoms with Crippen molar-refractivity contribution in [2.45, 2.75) is 135 Å². The molecule has 0 spiro atoms. The average molecular weight is 963 g/mol. The summed E-state index contributed by atoms with van der Waals surface area (Å²) in [5.41, 5.74) is -5.62. The average Bonchev–Trinajstić information content (AvgIpc) is 3.59. The smallest absolute Gasteiger partial charge is 0.338 e. The van der Waals surface area contributed by atoms with E-state index in [1.165, 1.54) is 7.11 Å². The van der Waals surface area contributed by atoms with E-state index in [0.29, 0.717) is 5.56 Å². The number of hydrogen-bond donors (Lipinski definition) is 11. The second-order valence-corrected chi connectivity index (χ2v) is 19.7. The van der Waals surface area contributed by atoms with Crippen molar-refractivity contribution in [3.63, 3.8) is 0 Å². The number of rotatable bonds is 9. The topological polar surface area (TPSA) is 348 Å². The van der Waals surface area contributed by atoms with Crippen LogP contribution in [0.15, 0.2) is 60.7 Å². The number of aliphatic hydroxyl groups excluding tert-OH is 9. The van der Waals surface area contributed by atoms with Crippen LogP contribution in [-0.4, -0.2) is 197 Å². The minimum Gasteiger partial charge on any atom is -0.465 e. The minimum atomic E-state index is -2.24. The number of ether oxygens (including phenoxy) is 8. The van der Waals surface area contributed by atoms with Gasteiger partial charge in [-0.15, -0.1) is 0 Å². The van der Waals surface area contributed by atoms with Gasteiger partial charge < -0.3 is 94.1 Å². The van der Waals surface area contributed by atoms with Crippen LogP contribution in [0.5, 0.6) is 0 Å². The lowest BCUT2D eigenvalue weighted by atomic mass is 9.39. The molecule has 12 unspecified atom stereocenters. The molecule has 6 aliphatic heterocycles. The van der Waals surface area contributed by atoms with Crippen LogP contribution in [0.4, 0.5) is 0 Å². The summed E-state index contributed by atoms with van der Waals surface area (Å²) in [7, 11) is 1.37. The van der Waals surface area contributed by atoms with Crippen LogP contribution < -0.4 is 0 Å². The van der Waals surface area contributed by atoms with E-state index in [9.17, 15) is 70.6 Å². The highest BCUT2D eigenvalue weighted by Crippen LogP contribution is 2.82. The predicted octanol–water partition coefficient (Wildman–Crippen LogP) is -3.03. The molecule has 6 heterocycles. The first kappa shape index (κ1) is 49.2. The van der Waals surface area contributed by atoms with Crippen molar-refractivity contribution >= 4 is 17.9 Å². The third-order valence-electron chi connectivity index (χ3n) is 16.5. The lowest BCUT2D eigenvalue weighted by Gasteiger charge is -2.69. The molecule has 11 N–H and O–H groups in total. The number of aliphatic hydroxyl groups is 11. The molecule has 22 nitrogen and oxygen atoms in total. The summed E-state index contributed by atoms with van der Waals surface area (Å²) >= 11 is 0. The highest BCUT2D eigenvalue weighted by atomic mass is 16.8. The second-order valence-electron chi connectivity index (χ2n) is 19.7. The summed E-state index contributed by atoms with van der Waals surface area (Å²) in [6.07, 6.45) is -15.0. The van der Waals surface area contributed by atoms with Crippen molar-refractivity contribution in [3.8, 4) is 0 Å². The zero-order valence-electron chi connectivity index (χ0n) is 37.2. The van der Waals surface area contributed by atoms with Gasteiger partial charge in [0, 0.05) is 30.6 Å². The largest absolute Gasteiger partial charge is 0.465 e. The van der Waals surface area contributed by atoms with Crippen molar-refractivity contribution < 1.29 is 108 Å². The lowest BCUT2D eigenvalue weighted by molar-refractivity contribution is -0.456. The van der Waals surface area contributed by atoms with Gasteiger partial charge in [-0.05, 0) is 51.0 Å². The van der Waals surface area contributed by atoms with Crippen molar-refractivity contribution in [2.24, 2.45) is 28.6 Å². The number of fused-ring (bicyclic) bond motifs is 1. The summed E-state index contributed by atoms with van der Waals surface area (Å²) in [5, 5.41) is 113. The summed E-state index contributed by atoms with van der Waals surface area (Å²) < 4.78 is 44.5. The van der Waals surface area contributed by atoms with Crippen LogP contribution in [0.1, 0.15) is 60.2 Å². The van der Waals surface area contributed by atoms with Crippen LogP contribution in [0.3, 0.4) is 0 Å². The normalized spacial score (nSPS) is 49.5. The van der Waals surface area contributed by atoms with E-state index in [0.717, 1.165) is 0 Å². The third kappa shape index (κ3) is 6.58. The molecule has 6 aliphatic carbocycles. The van der Waals surface area contributed by atoms with Crippen molar-refractivity contribution in [3.05, 3.63) is 71.8 Å². The van der Waals surface area contributed by atoms with Crippen molar-refractivity contribution in [1.29, 1.82) is 0 Å². The van der Waals surface area contributed by atoms with Gasteiger partial charge in [0.1, 0.15) is 72.1 Å². The number of carbonyl (C=O) groups is 3. The molecule has 68 heavy (non-hydrogen) atoms. The SMILES string of the molecule is COC(=O)c1ccccc1.C[C@@]12C[C@@]3(O)O[C@H](O1)C1[C@@H]3C[C@]12C1(O)OC(CO)C(O)C(O)C1O.C[C@]12C[C@@H](O)[C@@H]3C[C@]1(OC1OC(CO)C(O)C(O)C1O)C3(COC(=O)c1ccccc1)C(=O)O2. The van der Waals surface area contributed by atoms with Gasteiger partial charge in [-0.2, -0.15) is 0 Å². The van der Waals surface area contributed by atoms with E-state index in [-0.39, 0.29) is 43.1 Å². The third-order valence-corrected chi connectivity index (χ3v) is 16.5. The predicted molar refractivity (Wildman–Crippen MR) is 221 cm³/mol.